The van der Waals surface area contributed by atoms with Gasteiger partial charge in [-0.3, -0.25) is 4.79 Å². The number of nitrogens with zero attached hydrogens (tertiary/aromatic N) is 1. The highest BCUT2D eigenvalue weighted by atomic mass is 32.2. The minimum Gasteiger partial charge on any atom is -0.382 e. The Kier molecular flexibility index (Phi) is 9.64. The van der Waals surface area contributed by atoms with Crippen molar-refractivity contribution in [1.82, 2.24) is 9.97 Å². The van der Waals surface area contributed by atoms with E-state index in [1.807, 2.05) is 6.92 Å². The Morgan fingerprint density at radius 2 is 1.83 bits per heavy atom. The van der Waals surface area contributed by atoms with Gasteiger partial charge >= 0.3 is 10.1 Å². The van der Waals surface area contributed by atoms with E-state index in [0.29, 0.717) is 19.3 Å². The van der Waals surface area contributed by atoms with E-state index in [4.69, 9.17) is 8.92 Å². The normalized spacial score (nSPS) is 13.9. The molecule has 190 valence electrons. The van der Waals surface area contributed by atoms with Crippen molar-refractivity contribution < 1.29 is 26.9 Å². The van der Waals surface area contributed by atoms with Gasteiger partial charge < -0.3 is 24.0 Å². The zero-order valence-corrected chi connectivity index (χ0v) is 21.2. The lowest BCUT2D eigenvalue weighted by Gasteiger charge is -2.14. The molecule has 2 N–H and O–H groups in total. The Bertz CT molecular complexity index is 1200. The molecule has 2 aromatic carbocycles. The Morgan fingerprint density at radius 3 is 2.49 bits per heavy atom. The van der Waals surface area contributed by atoms with E-state index in [1.165, 1.54) is 32.6 Å². The quantitative estimate of drug-likeness (QED) is 0.312. The molecule has 1 aliphatic rings. The third-order valence-electron chi connectivity index (χ3n) is 5.38. The van der Waals surface area contributed by atoms with Crippen LogP contribution in [0, 0.1) is 6.92 Å². The summed E-state index contributed by atoms with van der Waals surface area (Å²) in [6, 6.07) is 12.2. The highest BCUT2D eigenvalue weighted by Gasteiger charge is 2.18. The fourth-order valence-electron chi connectivity index (χ4n) is 3.72. The molecule has 0 spiro atoms. The molecule has 0 amide bonds. The van der Waals surface area contributed by atoms with E-state index in [1.54, 1.807) is 49.6 Å². The van der Waals surface area contributed by atoms with Gasteiger partial charge in [-0.15, -0.1) is 0 Å². The fraction of sp³-hybridized carbons (Fsp3) is 0.440. The standard InChI is InChI=1S/C19H21N3O3S.C6H12O3/c1-13-20-18-11-8-16(12-19(18)21-13)25-26(23,24)17-9-6-15(7-10-17)22-14-4-2-3-5-14;1-6(7)5-9-4-3-8-2/h6-12,14,22H,2-5H2,1H3,(H,20,21);3-5H2,1-2H3. The number of benzene rings is 2. The van der Waals surface area contributed by atoms with Gasteiger partial charge in [-0.1, -0.05) is 12.8 Å². The summed E-state index contributed by atoms with van der Waals surface area (Å²) in [5.74, 6) is 1.07. The van der Waals surface area contributed by atoms with Crippen molar-refractivity contribution in [3.05, 3.63) is 48.3 Å². The molecule has 10 heteroatoms. The highest BCUT2D eigenvalue weighted by Crippen LogP contribution is 2.25. The molecule has 1 fully saturated rings. The molecule has 1 aromatic heterocycles. The van der Waals surface area contributed by atoms with Gasteiger partial charge in [0.1, 0.15) is 23.1 Å². The second-order valence-corrected chi connectivity index (χ2v) is 9.98. The molecule has 1 aliphatic carbocycles. The number of aryl methyl sites for hydroxylation is 1. The first-order chi connectivity index (χ1) is 16.8. The molecule has 35 heavy (non-hydrogen) atoms. The monoisotopic (exact) mass is 503 g/mol. The second-order valence-electron chi connectivity index (χ2n) is 8.44. The lowest BCUT2D eigenvalue weighted by Crippen LogP contribution is -2.14. The van der Waals surface area contributed by atoms with Gasteiger partial charge in [0, 0.05) is 24.9 Å². The van der Waals surface area contributed by atoms with Crippen molar-refractivity contribution in [3.63, 3.8) is 0 Å². The second kappa shape index (κ2) is 12.7. The first-order valence-corrected chi connectivity index (χ1v) is 13.0. The highest BCUT2D eigenvalue weighted by molar-refractivity contribution is 7.87. The van der Waals surface area contributed by atoms with Crippen molar-refractivity contribution in [2.45, 2.75) is 50.5 Å². The van der Waals surface area contributed by atoms with Crippen LogP contribution in [-0.2, 0) is 24.4 Å². The number of hydrogen-bond donors (Lipinski definition) is 2. The van der Waals surface area contributed by atoms with Crippen molar-refractivity contribution >= 4 is 32.6 Å². The van der Waals surface area contributed by atoms with Gasteiger partial charge in [-0.05, 0) is 63.1 Å². The summed E-state index contributed by atoms with van der Waals surface area (Å²) in [7, 11) is -2.29. The van der Waals surface area contributed by atoms with Crippen LogP contribution in [0.1, 0.15) is 38.4 Å². The van der Waals surface area contributed by atoms with E-state index in [0.717, 1.165) is 22.5 Å². The van der Waals surface area contributed by atoms with Crippen LogP contribution in [0.5, 0.6) is 5.75 Å². The zero-order valence-electron chi connectivity index (χ0n) is 20.4. The van der Waals surface area contributed by atoms with E-state index in [2.05, 4.69) is 20.0 Å². The van der Waals surface area contributed by atoms with Gasteiger partial charge in [-0.25, -0.2) is 4.98 Å². The van der Waals surface area contributed by atoms with Crippen LogP contribution >= 0.6 is 0 Å². The van der Waals surface area contributed by atoms with Crippen LogP contribution in [0.3, 0.4) is 0 Å². The number of aromatic nitrogens is 2. The van der Waals surface area contributed by atoms with Crippen LogP contribution in [0.25, 0.3) is 11.0 Å². The largest absolute Gasteiger partial charge is 0.382 e. The topological polar surface area (TPSA) is 120 Å². The minimum atomic E-state index is -3.88. The maximum Gasteiger partial charge on any atom is 0.339 e. The number of carbonyl (C=O) groups is 1. The zero-order chi connectivity index (χ0) is 25.3. The third kappa shape index (κ3) is 8.34. The number of anilines is 1. The molecule has 1 heterocycles. The van der Waals surface area contributed by atoms with E-state index in [-0.39, 0.29) is 23.0 Å². The summed E-state index contributed by atoms with van der Waals surface area (Å²) in [5.41, 5.74) is 2.45. The Hall–Kier alpha value is -2.95. The number of methoxy groups -OCH3 is 1. The molecule has 0 unspecified atom stereocenters. The molecule has 0 aliphatic heterocycles. The van der Waals surface area contributed by atoms with Gasteiger partial charge in [0.2, 0.25) is 0 Å². The number of fused-ring (bicyclic) bond motifs is 1. The van der Waals surface area contributed by atoms with Crippen LogP contribution in [-0.4, -0.2) is 57.1 Å². The fourth-order valence-corrected chi connectivity index (χ4v) is 4.65. The number of aromatic amines is 1. The number of rotatable bonds is 10. The van der Waals surface area contributed by atoms with Gasteiger partial charge in [0.05, 0.1) is 24.2 Å². The predicted octanol–water partition coefficient (Wildman–Crippen LogP) is 4.23. The predicted molar refractivity (Wildman–Crippen MR) is 134 cm³/mol. The Labute approximate surface area is 206 Å². The summed E-state index contributed by atoms with van der Waals surface area (Å²) in [5, 5.41) is 3.44. The van der Waals surface area contributed by atoms with Crippen LogP contribution in [0.4, 0.5) is 5.69 Å². The van der Waals surface area contributed by atoms with Crippen molar-refractivity contribution in [2.75, 3.05) is 32.2 Å². The number of Topliss-reactive ketones (excluding diaryl/α,β-unsaturated/α-hetero) is 1. The maximum atomic E-state index is 12.5. The number of ketones is 1. The summed E-state index contributed by atoms with van der Waals surface area (Å²) in [6.07, 6.45) is 4.83. The smallest absolute Gasteiger partial charge is 0.339 e. The van der Waals surface area contributed by atoms with E-state index < -0.39 is 10.1 Å². The molecule has 0 bridgehead atoms. The summed E-state index contributed by atoms with van der Waals surface area (Å²) in [4.78, 5) is 17.7. The summed E-state index contributed by atoms with van der Waals surface area (Å²) < 4.78 is 39.9. The molecule has 0 saturated heterocycles. The number of carbonyl (C=O) groups excluding carboxylic acids is 1. The van der Waals surface area contributed by atoms with Gasteiger partial charge in [0.25, 0.3) is 0 Å². The third-order valence-corrected chi connectivity index (χ3v) is 6.65. The molecule has 9 nitrogen and oxygen atoms in total. The molecular formula is C25H33N3O6S. The lowest BCUT2D eigenvalue weighted by molar-refractivity contribution is -0.121. The Morgan fingerprint density at radius 1 is 1.11 bits per heavy atom. The van der Waals surface area contributed by atoms with Gasteiger partial charge in [-0.2, -0.15) is 8.42 Å². The first kappa shape index (κ1) is 26.7. The number of ether oxygens (including phenoxy) is 2. The maximum absolute atomic E-state index is 12.5. The van der Waals surface area contributed by atoms with Crippen LogP contribution in [0.15, 0.2) is 47.4 Å². The molecule has 3 aromatic rings. The average molecular weight is 504 g/mol. The van der Waals surface area contributed by atoms with Crippen LogP contribution in [0.2, 0.25) is 0 Å². The number of H-pyrrole nitrogens is 1. The minimum absolute atomic E-state index is 0.0473. The lowest BCUT2D eigenvalue weighted by atomic mass is 10.2. The summed E-state index contributed by atoms with van der Waals surface area (Å²) in [6.45, 7) is 4.58. The van der Waals surface area contributed by atoms with E-state index in [9.17, 15) is 13.2 Å². The molecule has 4 rings (SSSR count). The Balaban J connectivity index is 0.000000327. The number of imidazole rings is 1. The molecule has 0 atom stereocenters. The average Bonchev–Trinajstić information content (AvgIpc) is 3.45. The van der Waals surface area contributed by atoms with Crippen molar-refractivity contribution in [3.8, 4) is 5.75 Å². The molecule has 0 radical (unpaired) electrons. The number of hydrogen-bond acceptors (Lipinski definition) is 8. The molecular weight excluding hydrogens is 470 g/mol. The van der Waals surface area contributed by atoms with E-state index >= 15 is 0 Å². The summed E-state index contributed by atoms with van der Waals surface area (Å²) >= 11 is 0. The number of nitrogens with one attached hydrogen (secondary N) is 2. The van der Waals surface area contributed by atoms with Crippen molar-refractivity contribution in [1.29, 1.82) is 0 Å². The molecule has 1 saturated carbocycles. The first-order valence-electron chi connectivity index (χ1n) is 11.6. The SMILES string of the molecule is COCCOCC(C)=O.Cc1nc2ccc(OS(=O)(=O)c3ccc(NC4CCCC4)cc3)cc2[nH]1. The van der Waals surface area contributed by atoms with Crippen molar-refractivity contribution in [2.24, 2.45) is 0 Å². The van der Waals surface area contributed by atoms with Gasteiger partial charge in [0.15, 0.2) is 5.78 Å². The van der Waals surface area contributed by atoms with Crippen LogP contribution < -0.4 is 9.50 Å².